The predicted molar refractivity (Wildman–Crippen MR) is 163 cm³/mol. The maximum Gasteiger partial charge on any atom is 0.243 e. The quantitative estimate of drug-likeness (QED) is 0.272. The topological polar surface area (TPSA) is 96.0 Å². The Labute approximate surface area is 248 Å². The van der Waals surface area contributed by atoms with E-state index in [0.717, 1.165) is 21.7 Å². The van der Waals surface area contributed by atoms with E-state index in [4.69, 9.17) is 4.74 Å². The SMILES string of the molecule is COc1cccc(CN(C(=O)CCCN(c2ccccc2F)S(C)(=O)=O)[C@@H](Cc2ccccc2)C(=O)NCC(C)C)c1. The standard InChI is InChI=1S/C32H40FN3O5S/c1-24(2)22-34-32(38)30(21-25-12-6-5-7-13-25)35(23-26-14-10-15-27(20-26)41-3)31(37)18-11-19-36(42(4,39)40)29-17-9-8-16-28(29)33/h5-10,12-17,20,24,30H,11,18-19,21-23H2,1-4H3,(H,34,38)/t30-/m0/s1. The molecule has 0 aliphatic carbocycles. The Kier molecular flexibility index (Phi) is 11.9. The lowest BCUT2D eigenvalue weighted by Crippen LogP contribution is -2.51. The van der Waals surface area contributed by atoms with Crippen LogP contribution in [-0.4, -0.2) is 57.6 Å². The van der Waals surface area contributed by atoms with Gasteiger partial charge in [0.25, 0.3) is 0 Å². The molecule has 0 aromatic heterocycles. The third kappa shape index (κ3) is 9.58. The van der Waals surface area contributed by atoms with Crippen LogP contribution in [0.4, 0.5) is 10.1 Å². The molecule has 0 heterocycles. The van der Waals surface area contributed by atoms with Gasteiger partial charge < -0.3 is 15.0 Å². The summed E-state index contributed by atoms with van der Waals surface area (Å²) in [6, 6.07) is 21.6. The lowest BCUT2D eigenvalue weighted by molar-refractivity contribution is -0.141. The minimum Gasteiger partial charge on any atom is -0.497 e. The molecule has 2 amide bonds. The minimum atomic E-state index is -3.81. The Morgan fingerprint density at radius 1 is 0.952 bits per heavy atom. The molecule has 0 saturated carbocycles. The fraction of sp³-hybridized carbons (Fsp3) is 0.375. The van der Waals surface area contributed by atoms with E-state index < -0.39 is 21.9 Å². The van der Waals surface area contributed by atoms with Gasteiger partial charge in [-0.15, -0.1) is 0 Å². The van der Waals surface area contributed by atoms with Crippen LogP contribution in [0, 0.1) is 11.7 Å². The van der Waals surface area contributed by atoms with Gasteiger partial charge in [-0.05, 0) is 47.7 Å². The third-order valence-electron chi connectivity index (χ3n) is 6.72. The van der Waals surface area contributed by atoms with Crippen molar-refractivity contribution >= 4 is 27.5 Å². The van der Waals surface area contributed by atoms with Gasteiger partial charge >= 0.3 is 0 Å². The number of carbonyl (C=O) groups excluding carboxylic acids is 2. The first kappa shape index (κ1) is 32.6. The molecule has 0 unspecified atom stereocenters. The summed E-state index contributed by atoms with van der Waals surface area (Å²) in [5.41, 5.74) is 1.60. The van der Waals surface area contributed by atoms with E-state index in [9.17, 15) is 22.4 Å². The number of anilines is 1. The van der Waals surface area contributed by atoms with Crippen molar-refractivity contribution in [2.75, 3.05) is 30.8 Å². The second kappa shape index (κ2) is 15.3. The van der Waals surface area contributed by atoms with E-state index >= 15 is 0 Å². The van der Waals surface area contributed by atoms with Crippen LogP contribution in [0.25, 0.3) is 0 Å². The van der Waals surface area contributed by atoms with Crippen molar-refractivity contribution in [1.82, 2.24) is 10.2 Å². The van der Waals surface area contributed by atoms with Crippen molar-refractivity contribution in [2.45, 2.75) is 45.7 Å². The number of nitrogens with one attached hydrogen (secondary N) is 1. The van der Waals surface area contributed by atoms with Gasteiger partial charge in [0.05, 0.1) is 19.1 Å². The fourth-order valence-electron chi connectivity index (χ4n) is 4.58. The highest BCUT2D eigenvalue weighted by Crippen LogP contribution is 2.23. The van der Waals surface area contributed by atoms with Gasteiger partial charge in [0.1, 0.15) is 17.6 Å². The van der Waals surface area contributed by atoms with Gasteiger partial charge in [-0.25, -0.2) is 12.8 Å². The normalized spacial score (nSPS) is 12.0. The Bertz CT molecular complexity index is 1430. The Balaban J connectivity index is 1.90. The van der Waals surface area contributed by atoms with Crippen molar-refractivity contribution in [3.63, 3.8) is 0 Å². The molecule has 0 saturated heterocycles. The molecule has 0 radical (unpaired) electrons. The zero-order valence-electron chi connectivity index (χ0n) is 24.6. The number of amides is 2. The summed E-state index contributed by atoms with van der Waals surface area (Å²) in [6.07, 6.45) is 1.38. The molecule has 226 valence electrons. The minimum absolute atomic E-state index is 0.0484. The van der Waals surface area contributed by atoms with Crippen molar-refractivity contribution in [2.24, 2.45) is 5.92 Å². The molecule has 42 heavy (non-hydrogen) atoms. The van der Waals surface area contributed by atoms with Crippen molar-refractivity contribution in [3.8, 4) is 5.75 Å². The van der Waals surface area contributed by atoms with Crippen molar-refractivity contribution in [1.29, 1.82) is 0 Å². The number of para-hydroxylation sites is 1. The predicted octanol–water partition coefficient (Wildman–Crippen LogP) is 4.79. The zero-order chi connectivity index (χ0) is 30.7. The highest BCUT2D eigenvalue weighted by atomic mass is 32.2. The highest BCUT2D eigenvalue weighted by molar-refractivity contribution is 7.92. The van der Waals surface area contributed by atoms with E-state index in [1.165, 1.54) is 18.2 Å². The molecule has 0 fully saturated rings. The number of methoxy groups -OCH3 is 1. The van der Waals surface area contributed by atoms with E-state index in [1.807, 2.05) is 62.4 Å². The molecular formula is C32H40FN3O5S. The zero-order valence-corrected chi connectivity index (χ0v) is 25.4. The maximum atomic E-state index is 14.5. The molecule has 3 aromatic carbocycles. The monoisotopic (exact) mass is 597 g/mol. The molecule has 3 aromatic rings. The van der Waals surface area contributed by atoms with Crippen LogP contribution in [0.3, 0.4) is 0 Å². The van der Waals surface area contributed by atoms with E-state index in [-0.39, 0.29) is 49.4 Å². The van der Waals surface area contributed by atoms with Crippen LogP contribution in [-0.2, 0) is 32.6 Å². The number of ether oxygens (including phenoxy) is 1. The van der Waals surface area contributed by atoms with Crippen LogP contribution in [0.5, 0.6) is 5.75 Å². The Morgan fingerprint density at radius 3 is 2.26 bits per heavy atom. The summed E-state index contributed by atoms with van der Waals surface area (Å²) < 4.78 is 45.9. The largest absolute Gasteiger partial charge is 0.497 e. The highest BCUT2D eigenvalue weighted by Gasteiger charge is 2.31. The average molecular weight is 598 g/mol. The molecular weight excluding hydrogens is 557 g/mol. The van der Waals surface area contributed by atoms with Crippen LogP contribution < -0.4 is 14.4 Å². The van der Waals surface area contributed by atoms with Gasteiger partial charge in [-0.3, -0.25) is 13.9 Å². The van der Waals surface area contributed by atoms with Gasteiger partial charge in [-0.2, -0.15) is 0 Å². The lowest BCUT2D eigenvalue weighted by atomic mass is 10.0. The van der Waals surface area contributed by atoms with Gasteiger partial charge in [0, 0.05) is 32.5 Å². The van der Waals surface area contributed by atoms with E-state index in [2.05, 4.69) is 5.32 Å². The molecule has 3 rings (SSSR count). The lowest BCUT2D eigenvalue weighted by Gasteiger charge is -2.32. The first-order valence-electron chi connectivity index (χ1n) is 14.0. The van der Waals surface area contributed by atoms with Crippen LogP contribution >= 0.6 is 0 Å². The van der Waals surface area contributed by atoms with Gasteiger partial charge in [0.15, 0.2) is 0 Å². The summed E-state index contributed by atoms with van der Waals surface area (Å²) in [6.45, 7) is 4.49. The number of sulfonamides is 1. The third-order valence-corrected chi connectivity index (χ3v) is 7.90. The molecule has 10 heteroatoms. The number of nitrogens with zero attached hydrogens (tertiary/aromatic N) is 2. The summed E-state index contributed by atoms with van der Waals surface area (Å²) in [5, 5.41) is 2.98. The number of carbonyl (C=O) groups is 2. The molecule has 8 nitrogen and oxygen atoms in total. The Hall–Kier alpha value is -3.92. The number of hydrogen-bond donors (Lipinski definition) is 1. The van der Waals surface area contributed by atoms with Crippen molar-refractivity contribution < 1.29 is 27.1 Å². The molecule has 0 spiro atoms. The van der Waals surface area contributed by atoms with Crippen LogP contribution in [0.1, 0.15) is 37.8 Å². The maximum absolute atomic E-state index is 14.5. The molecule has 1 N–H and O–H groups in total. The number of halogens is 1. The number of rotatable bonds is 15. The van der Waals surface area contributed by atoms with Crippen LogP contribution in [0.2, 0.25) is 0 Å². The molecule has 0 aliphatic rings. The molecule has 0 bridgehead atoms. The van der Waals surface area contributed by atoms with E-state index in [1.54, 1.807) is 24.1 Å². The first-order chi connectivity index (χ1) is 20.0. The fourth-order valence-corrected chi connectivity index (χ4v) is 5.55. The number of hydrogen-bond acceptors (Lipinski definition) is 5. The second-order valence-electron chi connectivity index (χ2n) is 10.6. The summed E-state index contributed by atoms with van der Waals surface area (Å²) in [7, 11) is -2.25. The first-order valence-corrected chi connectivity index (χ1v) is 15.8. The number of benzene rings is 3. The summed E-state index contributed by atoms with van der Waals surface area (Å²) in [5.74, 6) is -0.418. The summed E-state index contributed by atoms with van der Waals surface area (Å²) in [4.78, 5) is 29.0. The van der Waals surface area contributed by atoms with Crippen LogP contribution in [0.15, 0.2) is 78.9 Å². The smallest absolute Gasteiger partial charge is 0.243 e. The summed E-state index contributed by atoms with van der Waals surface area (Å²) >= 11 is 0. The average Bonchev–Trinajstić information content (AvgIpc) is 2.96. The van der Waals surface area contributed by atoms with E-state index in [0.29, 0.717) is 18.7 Å². The molecule has 0 aliphatic heterocycles. The molecule has 1 atom stereocenters. The van der Waals surface area contributed by atoms with Gasteiger partial charge in [-0.1, -0.05) is 68.4 Å². The second-order valence-corrected chi connectivity index (χ2v) is 12.5. The van der Waals surface area contributed by atoms with Crippen molar-refractivity contribution in [3.05, 3.63) is 95.8 Å². The Morgan fingerprint density at radius 2 is 1.62 bits per heavy atom. The van der Waals surface area contributed by atoms with Gasteiger partial charge in [0.2, 0.25) is 21.8 Å².